The van der Waals surface area contributed by atoms with Gasteiger partial charge in [-0.3, -0.25) is 0 Å². The number of hydrogen-bond acceptors (Lipinski definition) is 2. The number of hydrogen-bond donors (Lipinski definition) is 1. The van der Waals surface area contributed by atoms with Gasteiger partial charge in [-0.15, -0.1) is 0 Å². The monoisotopic (exact) mass is 613 g/mol. The molecule has 1 aliphatic heterocycles. The van der Waals surface area contributed by atoms with Crippen LogP contribution in [0.5, 0.6) is 0 Å². The van der Waals surface area contributed by atoms with E-state index in [4.69, 9.17) is 4.42 Å². The van der Waals surface area contributed by atoms with E-state index in [1.807, 2.05) is 6.07 Å². The number of fused-ring (bicyclic) bond motifs is 8. The van der Waals surface area contributed by atoms with Crippen LogP contribution in [0.2, 0.25) is 0 Å². The Hall–Kier alpha value is -6.00. The maximum atomic E-state index is 6.50. The lowest BCUT2D eigenvalue weighted by atomic mass is 9.58. The predicted octanol–water partition coefficient (Wildman–Crippen LogP) is 10.3. The first-order chi connectivity index (χ1) is 23.6. The molecular formula is C44H30BN2O. The summed E-state index contributed by atoms with van der Waals surface area (Å²) in [5, 5.41) is 9.97. The molecule has 3 nitrogen and oxygen atoms in total. The van der Waals surface area contributed by atoms with Crippen molar-refractivity contribution in [2.75, 3.05) is 5.32 Å². The number of rotatable bonds is 4. The Labute approximate surface area is 279 Å². The van der Waals surface area contributed by atoms with Crippen LogP contribution in [0.15, 0.2) is 144 Å². The topological polar surface area (TPSA) is 30.1 Å². The van der Waals surface area contributed by atoms with E-state index in [0.717, 1.165) is 39.1 Å². The molecule has 1 aliphatic rings. The second kappa shape index (κ2) is 10.3. The van der Waals surface area contributed by atoms with Gasteiger partial charge in [-0.05, 0) is 83.7 Å². The van der Waals surface area contributed by atoms with Gasteiger partial charge in [-0.2, -0.15) is 0 Å². The van der Waals surface area contributed by atoms with Crippen LogP contribution in [0.4, 0.5) is 11.4 Å². The van der Waals surface area contributed by atoms with Crippen LogP contribution < -0.4 is 16.2 Å². The molecule has 48 heavy (non-hydrogen) atoms. The largest absolute Gasteiger partial charge is 0.456 e. The Kier molecular flexibility index (Phi) is 5.80. The van der Waals surface area contributed by atoms with Crippen LogP contribution in [0.3, 0.4) is 0 Å². The van der Waals surface area contributed by atoms with Crippen molar-refractivity contribution in [2.45, 2.75) is 13.8 Å². The van der Waals surface area contributed by atoms with Crippen LogP contribution in [0, 0.1) is 13.8 Å². The quantitative estimate of drug-likeness (QED) is 0.200. The number of furan rings is 1. The van der Waals surface area contributed by atoms with Crippen LogP contribution in [0.25, 0.3) is 71.7 Å². The highest BCUT2D eigenvalue weighted by Crippen LogP contribution is 2.42. The third kappa shape index (κ3) is 4.02. The normalized spacial score (nSPS) is 12.1. The van der Waals surface area contributed by atoms with Gasteiger partial charge in [0.1, 0.15) is 11.3 Å². The molecule has 0 saturated heterocycles. The maximum absolute atomic E-state index is 6.50. The number of anilines is 2. The maximum Gasteiger partial charge on any atom is 0.198 e. The third-order valence-corrected chi connectivity index (χ3v) is 9.97. The molecule has 2 aromatic heterocycles. The molecule has 0 amide bonds. The molecule has 0 spiro atoms. The molecule has 9 aromatic rings. The molecule has 225 valence electrons. The number of nitrogens with zero attached hydrogens (tertiary/aromatic N) is 1. The summed E-state index contributed by atoms with van der Waals surface area (Å²) in [6, 6.07) is 50.0. The molecule has 0 bridgehead atoms. The van der Waals surface area contributed by atoms with E-state index in [1.165, 1.54) is 66.0 Å². The second-order valence-electron chi connectivity index (χ2n) is 13.0. The highest BCUT2D eigenvalue weighted by atomic mass is 16.3. The Morgan fingerprint density at radius 3 is 2.31 bits per heavy atom. The Morgan fingerprint density at radius 1 is 0.646 bits per heavy atom. The Bertz CT molecular complexity index is 2740. The van der Waals surface area contributed by atoms with E-state index in [1.54, 1.807) is 0 Å². The lowest BCUT2D eigenvalue weighted by Crippen LogP contribution is -2.37. The standard InChI is InChI=1S/C44H30BN2O/c1-26-16-19-31(20-17-26)46-36-15-9-8-14-33(36)34-22-27(2)41-42-32-13-7-6-10-28(32)18-21-37(42)47-38-23-30-24-39(29-11-4-3-5-12-29)48-40(30)25-35(38)45-43(34)44(41)47/h3-25,46H,1-2H3. The minimum absolute atomic E-state index is 0.881. The smallest absolute Gasteiger partial charge is 0.198 e. The van der Waals surface area contributed by atoms with Crippen molar-refractivity contribution in [3.8, 4) is 28.1 Å². The summed E-state index contributed by atoms with van der Waals surface area (Å²) in [5.74, 6) is 0.881. The van der Waals surface area contributed by atoms with E-state index < -0.39 is 0 Å². The summed E-state index contributed by atoms with van der Waals surface area (Å²) in [7, 11) is 2.38. The first-order valence-electron chi connectivity index (χ1n) is 16.5. The summed E-state index contributed by atoms with van der Waals surface area (Å²) < 4.78 is 9.00. The lowest BCUT2D eigenvalue weighted by Gasteiger charge is -2.24. The predicted molar refractivity (Wildman–Crippen MR) is 203 cm³/mol. The summed E-state index contributed by atoms with van der Waals surface area (Å²) in [4.78, 5) is 0. The SMILES string of the molecule is Cc1ccc(Nc2ccccc2-c2cc(C)c3c4c5ccccc5ccc4n4c3c2[B]c2cc3oc(-c5ccccc5)cc3cc2-4)cc1. The van der Waals surface area contributed by atoms with Gasteiger partial charge in [0.2, 0.25) is 0 Å². The Morgan fingerprint density at radius 2 is 1.44 bits per heavy atom. The van der Waals surface area contributed by atoms with Gasteiger partial charge in [0.05, 0.1) is 5.52 Å². The Balaban J connectivity index is 1.27. The summed E-state index contributed by atoms with van der Waals surface area (Å²) in [6.07, 6.45) is 0. The number of para-hydroxylation sites is 1. The zero-order valence-corrected chi connectivity index (χ0v) is 26.7. The van der Waals surface area contributed by atoms with Crippen LogP contribution in [-0.4, -0.2) is 11.8 Å². The zero-order valence-electron chi connectivity index (χ0n) is 26.7. The van der Waals surface area contributed by atoms with Crippen molar-refractivity contribution in [1.29, 1.82) is 0 Å². The number of nitrogens with one attached hydrogen (secondary N) is 1. The first kappa shape index (κ1) is 27.1. The minimum atomic E-state index is 0.881. The van der Waals surface area contributed by atoms with Crippen LogP contribution >= 0.6 is 0 Å². The van der Waals surface area contributed by atoms with Gasteiger partial charge in [0, 0.05) is 49.9 Å². The van der Waals surface area contributed by atoms with E-state index in [-0.39, 0.29) is 0 Å². The van der Waals surface area contributed by atoms with Crippen LogP contribution in [0.1, 0.15) is 11.1 Å². The van der Waals surface area contributed by atoms with Crippen molar-refractivity contribution in [3.05, 3.63) is 151 Å². The second-order valence-corrected chi connectivity index (χ2v) is 13.0. The molecule has 0 unspecified atom stereocenters. The van der Waals surface area contributed by atoms with E-state index in [2.05, 4.69) is 164 Å². The van der Waals surface area contributed by atoms with Gasteiger partial charge in [0.15, 0.2) is 7.28 Å². The summed E-state index contributed by atoms with van der Waals surface area (Å²) in [6.45, 7) is 4.39. The van der Waals surface area contributed by atoms with Crippen LogP contribution in [-0.2, 0) is 0 Å². The highest BCUT2D eigenvalue weighted by Gasteiger charge is 2.29. The summed E-state index contributed by atoms with van der Waals surface area (Å²) in [5.41, 5.74) is 15.0. The first-order valence-corrected chi connectivity index (χ1v) is 16.5. The average molecular weight is 614 g/mol. The average Bonchev–Trinajstić information content (AvgIpc) is 3.71. The molecule has 0 aliphatic carbocycles. The zero-order chi connectivity index (χ0) is 31.9. The fraction of sp³-hybridized carbons (Fsp3) is 0.0455. The van der Waals surface area contributed by atoms with Gasteiger partial charge in [0.25, 0.3) is 0 Å². The number of aryl methyl sites for hydroxylation is 2. The molecule has 0 saturated carbocycles. The fourth-order valence-electron chi connectivity index (χ4n) is 7.73. The molecule has 0 fully saturated rings. The minimum Gasteiger partial charge on any atom is -0.456 e. The number of benzene rings is 7. The van der Waals surface area contributed by atoms with Crippen molar-refractivity contribution in [1.82, 2.24) is 4.57 Å². The molecule has 1 radical (unpaired) electrons. The molecule has 0 atom stereocenters. The van der Waals surface area contributed by atoms with E-state index >= 15 is 0 Å². The van der Waals surface area contributed by atoms with E-state index in [0.29, 0.717) is 0 Å². The van der Waals surface area contributed by atoms with Crippen molar-refractivity contribution < 1.29 is 4.42 Å². The number of aromatic nitrogens is 1. The van der Waals surface area contributed by atoms with Crippen molar-refractivity contribution in [3.63, 3.8) is 0 Å². The molecule has 7 aromatic carbocycles. The van der Waals surface area contributed by atoms with Gasteiger partial charge >= 0.3 is 0 Å². The summed E-state index contributed by atoms with van der Waals surface area (Å²) >= 11 is 0. The fourth-order valence-corrected chi connectivity index (χ4v) is 7.73. The van der Waals surface area contributed by atoms with Crippen molar-refractivity contribution in [2.24, 2.45) is 0 Å². The third-order valence-electron chi connectivity index (χ3n) is 9.97. The molecular weight excluding hydrogens is 583 g/mol. The molecule has 10 rings (SSSR count). The van der Waals surface area contributed by atoms with Gasteiger partial charge in [-0.25, -0.2) is 0 Å². The van der Waals surface area contributed by atoms with Crippen molar-refractivity contribution >= 4 is 73.1 Å². The highest BCUT2D eigenvalue weighted by molar-refractivity contribution is 6.73. The molecule has 1 N–H and O–H groups in total. The van der Waals surface area contributed by atoms with Gasteiger partial charge in [-0.1, -0.05) is 108 Å². The molecule has 3 heterocycles. The van der Waals surface area contributed by atoms with Gasteiger partial charge < -0.3 is 14.3 Å². The lowest BCUT2D eigenvalue weighted by molar-refractivity contribution is 0.632. The molecule has 4 heteroatoms. The van der Waals surface area contributed by atoms with E-state index in [9.17, 15) is 0 Å².